The predicted octanol–water partition coefficient (Wildman–Crippen LogP) is 4.84. The lowest BCUT2D eigenvalue weighted by atomic mass is 10.1. The van der Waals surface area contributed by atoms with E-state index in [1.54, 1.807) is 18.2 Å². The molecule has 0 spiro atoms. The van der Waals surface area contributed by atoms with Crippen molar-refractivity contribution in [3.63, 3.8) is 0 Å². The molecule has 0 aromatic heterocycles. The zero-order valence-electron chi connectivity index (χ0n) is 18.1. The molecule has 6 nitrogen and oxygen atoms in total. The third-order valence-electron chi connectivity index (χ3n) is 5.30. The average molecular weight is 469 g/mol. The fourth-order valence-electron chi connectivity index (χ4n) is 3.35. The molecule has 3 aromatic rings. The van der Waals surface area contributed by atoms with Crippen molar-refractivity contribution in [1.82, 2.24) is 0 Å². The second kappa shape index (κ2) is 11.7. The van der Waals surface area contributed by atoms with E-state index >= 15 is 0 Å². The van der Waals surface area contributed by atoms with Crippen molar-refractivity contribution < 1.29 is 27.9 Å². The van der Waals surface area contributed by atoms with Crippen LogP contribution in [0.1, 0.15) is 35.6 Å². The number of hydrogen-bond donors (Lipinski definition) is 3. The number of phenols is 1. The lowest BCUT2D eigenvalue weighted by Crippen LogP contribution is -2.20. The van der Waals surface area contributed by atoms with E-state index < -0.39 is 21.5 Å². The van der Waals surface area contributed by atoms with Crippen LogP contribution in [-0.2, 0) is 23.1 Å². The molecular weight excluding hydrogens is 440 g/mol. The van der Waals surface area contributed by atoms with Crippen LogP contribution in [-0.4, -0.2) is 28.4 Å². The van der Waals surface area contributed by atoms with Gasteiger partial charge in [0.2, 0.25) is 0 Å². The van der Waals surface area contributed by atoms with Gasteiger partial charge >= 0.3 is 0 Å². The van der Waals surface area contributed by atoms with Gasteiger partial charge in [0.15, 0.2) is 0 Å². The smallest absolute Gasteiger partial charge is 0.268 e. The number of aromatic hydroxyl groups is 1. The zero-order chi connectivity index (χ0) is 23.7. The minimum absolute atomic E-state index is 0.0756. The molecule has 0 aliphatic carbocycles. The van der Waals surface area contributed by atoms with E-state index in [-0.39, 0.29) is 18.6 Å². The van der Waals surface area contributed by atoms with E-state index in [1.807, 2.05) is 54.6 Å². The van der Waals surface area contributed by atoms with E-state index in [9.17, 15) is 23.2 Å². The Morgan fingerprint density at radius 1 is 0.879 bits per heavy atom. The van der Waals surface area contributed by atoms with E-state index in [1.165, 1.54) is 18.2 Å². The SMILES string of the molecule is O=S(=O)(O)[C@@H](C/C=C/[C@@H](O)c1ccc(O)cc1)CCc1ccc(OCc2ccccc2)cc1. The molecule has 174 valence electrons. The highest BCUT2D eigenvalue weighted by atomic mass is 32.2. The molecule has 0 unspecified atom stereocenters. The van der Waals surface area contributed by atoms with Crippen molar-refractivity contribution in [3.8, 4) is 11.5 Å². The number of aryl methyl sites for hydroxylation is 1. The Kier molecular flexibility index (Phi) is 8.65. The van der Waals surface area contributed by atoms with Crippen LogP contribution in [0.5, 0.6) is 11.5 Å². The number of aliphatic hydroxyl groups is 1. The van der Waals surface area contributed by atoms with E-state index in [0.717, 1.165) is 16.9 Å². The molecule has 0 amide bonds. The normalized spacial score (nSPS) is 13.6. The molecule has 7 heteroatoms. The number of allylic oxidation sites excluding steroid dienone is 1. The summed E-state index contributed by atoms with van der Waals surface area (Å²) in [5.74, 6) is 0.817. The van der Waals surface area contributed by atoms with Crippen LogP contribution in [0.25, 0.3) is 0 Å². The van der Waals surface area contributed by atoms with Crippen LogP contribution in [0.2, 0.25) is 0 Å². The summed E-state index contributed by atoms with van der Waals surface area (Å²) in [6, 6.07) is 23.4. The van der Waals surface area contributed by atoms with Crippen LogP contribution in [0.4, 0.5) is 0 Å². The number of phenolic OH excluding ortho intramolecular Hbond substituents is 1. The van der Waals surface area contributed by atoms with E-state index in [4.69, 9.17) is 4.74 Å². The minimum atomic E-state index is -4.24. The molecule has 0 heterocycles. The Bertz CT molecular complexity index is 1120. The summed E-state index contributed by atoms with van der Waals surface area (Å²) in [6.45, 7) is 0.466. The summed E-state index contributed by atoms with van der Waals surface area (Å²) in [7, 11) is -4.24. The maximum Gasteiger partial charge on any atom is 0.268 e. The lowest BCUT2D eigenvalue weighted by Gasteiger charge is -2.13. The predicted molar refractivity (Wildman–Crippen MR) is 128 cm³/mol. The minimum Gasteiger partial charge on any atom is -0.508 e. The molecule has 0 saturated carbocycles. The van der Waals surface area contributed by atoms with Gasteiger partial charge in [-0.1, -0.05) is 66.7 Å². The van der Waals surface area contributed by atoms with Crippen LogP contribution < -0.4 is 4.74 Å². The second-order valence-electron chi connectivity index (χ2n) is 7.79. The Morgan fingerprint density at radius 3 is 2.18 bits per heavy atom. The maximum absolute atomic E-state index is 11.8. The van der Waals surface area contributed by atoms with Crippen molar-refractivity contribution in [2.24, 2.45) is 0 Å². The molecule has 33 heavy (non-hydrogen) atoms. The summed E-state index contributed by atoms with van der Waals surface area (Å²) in [6.07, 6.45) is 2.88. The second-order valence-corrected chi connectivity index (χ2v) is 9.49. The lowest BCUT2D eigenvalue weighted by molar-refractivity contribution is 0.228. The van der Waals surface area contributed by atoms with E-state index in [2.05, 4.69) is 0 Å². The Morgan fingerprint density at radius 2 is 1.55 bits per heavy atom. The van der Waals surface area contributed by atoms with Gasteiger partial charge in [-0.25, -0.2) is 0 Å². The van der Waals surface area contributed by atoms with Crippen LogP contribution in [0.15, 0.2) is 91.0 Å². The zero-order valence-corrected chi connectivity index (χ0v) is 18.9. The summed E-state index contributed by atoms with van der Waals surface area (Å²) in [5.41, 5.74) is 2.58. The van der Waals surface area contributed by atoms with Crippen LogP contribution >= 0.6 is 0 Å². The molecule has 3 aromatic carbocycles. The summed E-state index contributed by atoms with van der Waals surface area (Å²) >= 11 is 0. The first-order valence-electron chi connectivity index (χ1n) is 10.7. The van der Waals surface area contributed by atoms with Gasteiger partial charge in [-0.05, 0) is 60.2 Å². The fraction of sp³-hybridized carbons (Fsp3) is 0.231. The molecule has 0 aliphatic rings. The highest BCUT2D eigenvalue weighted by Crippen LogP contribution is 2.21. The van der Waals surface area contributed by atoms with Crippen molar-refractivity contribution in [2.75, 3.05) is 0 Å². The van der Waals surface area contributed by atoms with Crippen molar-refractivity contribution in [3.05, 3.63) is 108 Å². The van der Waals surface area contributed by atoms with Crippen LogP contribution in [0.3, 0.4) is 0 Å². The van der Waals surface area contributed by atoms with E-state index in [0.29, 0.717) is 18.6 Å². The molecule has 0 saturated heterocycles. The molecule has 2 atom stereocenters. The summed E-state index contributed by atoms with van der Waals surface area (Å²) < 4.78 is 39.0. The largest absolute Gasteiger partial charge is 0.508 e. The molecule has 3 N–H and O–H groups in total. The maximum atomic E-state index is 11.8. The molecule has 0 bridgehead atoms. The Labute approximate surface area is 194 Å². The average Bonchev–Trinajstić information content (AvgIpc) is 2.81. The quantitative estimate of drug-likeness (QED) is 0.275. The molecule has 0 aliphatic heterocycles. The van der Waals surface area contributed by atoms with Gasteiger partial charge in [0, 0.05) is 0 Å². The standard InChI is InChI=1S/C26H28O6S/c27-23-14-12-22(13-15-23)26(28)8-4-7-25(33(29,30)31)18-11-20-9-16-24(17-10-20)32-19-21-5-2-1-3-6-21/h1-6,8-10,12-17,25-28H,7,11,18-19H2,(H,29,30,31)/b8-4+/t25-,26+/m0/s1. The van der Waals surface area contributed by atoms with Gasteiger partial charge in [0.05, 0.1) is 11.4 Å². The number of rotatable bonds is 11. The Hall–Kier alpha value is -3.13. The fourth-order valence-corrected chi connectivity index (χ4v) is 4.12. The third-order valence-corrected chi connectivity index (χ3v) is 6.57. The van der Waals surface area contributed by atoms with Gasteiger partial charge in [0.25, 0.3) is 10.1 Å². The van der Waals surface area contributed by atoms with Gasteiger partial charge in [0.1, 0.15) is 18.1 Å². The first-order valence-corrected chi connectivity index (χ1v) is 12.2. The number of benzene rings is 3. The summed E-state index contributed by atoms with van der Waals surface area (Å²) in [4.78, 5) is 0. The highest BCUT2D eigenvalue weighted by molar-refractivity contribution is 7.86. The topological polar surface area (TPSA) is 104 Å². The first kappa shape index (κ1) is 24.5. The highest BCUT2D eigenvalue weighted by Gasteiger charge is 2.21. The number of ether oxygens (including phenoxy) is 1. The van der Waals surface area contributed by atoms with Crippen molar-refractivity contribution in [1.29, 1.82) is 0 Å². The van der Waals surface area contributed by atoms with Crippen LogP contribution in [0, 0.1) is 0 Å². The third kappa shape index (κ3) is 8.05. The Balaban J connectivity index is 1.52. The monoisotopic (exact) mass is 468 g/mol. The van der Waals surface area contributed by atoms with Gasteiger partial charge in [-0.2, -0.15) is 8.42 Å². The molecular formula is C26H28O6S. The number of aliphatic hydroxyl groups excluding tert-OH is 1. The number of hydrogen-bond acceptors (Lipinski definition) is 5. The molecule has 0 radical (unpaired) electrons. The summed E-state index contributed by atoms with van der Waals surface area (Å²) in [5, 5.41) is 18.5. The van der Waals surface area contributed by atoms with Gasteiger partial charge in [-0.3, -0.25) is 4.55 Å². The van der Waals surface area contributed by atoms with Crippen molar-refractivity contribution >= 4 is 10.1 Å². The van der Waals surface area contributed by atoms with Gasteiger partial charge < -0.3 is 14.9 Å². The van der Waals surface area contributed by atoms with Crippen molar-refractivity contribution in [2.45, 2.75) is 37.2 Å². The molecule has 3 rings (SSSR count). The van der Waals surface area contributed by atoms with Gasteiger partial charge in [-0.15, -0.1) is 0 Å². The molecule has 0 fully saturated rings. The first-order chi connectivity index (χ1) is 15.8.